The van der Waals surface area contributed by atoms with E-state index in [9.17, 15) is 4.79 Å². The quantitative estimate of drug-likeness (QED) is 0.818. The highest BCUT2D eigenvalue weighted by atomic mass is 35.5. The molecule has 0 radical (unpaired) electrons. The van der Waals surface area contributed by atoms with Crippen molar-refractivity contribution < 1.29 is 9.90 Å². The van der Waals surface area contributed by atoms with Crippen LogP contribution in [0.5, 0.6) is 0 Å². The topological polar surface area (TPSA) is 40.5 Å². The Morgan fingerprint density at radius 1 is 1.25 bits per heavy atom. The van der Waals surface area contributed by atoms with Crippen molar-refractivity contribution in [1.29, 1.82) is 0 Å². The van der Waals surface area contributed by atoms with Crippen molar-refractivity contribution in [3.8, 4) is 0 Å². The first-order valence-electron chi connectivity index (χ1n) is 5.40. The molecule has 2 rings (SSSR count). The molecule has 0 aromatic heterocycles. The van der Waals surface area contributed by atoms with E-state index in [4.69, 9.17) is 16.7 Å². The summed E-state index contributed by atoms with van der Waals surface area (Å²) in [5.74, 6) is 0.466. The van der Waals surface area contributed by atoms with E-state index in [0.717, 1.165) is 17.9 Å². The number of amides is 1. The standard InChI is InChI=1S/C12H14ClNO2/c13-11-3-1-9(2-4-11)10-5-7-14(8-6-10)12(15)16/h1-4,10H,5-8H2,(H,15,16). The molecule has 3 nitrogen and oxygen atoms in total. The molecule has 1 saturated heterocycles. The minimum atomic E-state index is -0.811. The summed E-state index contributed by atoms with van der Waals surface area (Å²) in [5.41, 5.74) is 1.26. The van der Waals surface area contributed by atoms with E-state index in [-0.39, 0.29) is 0 Å². The fourth-order valence-corrected chi connectivity index (χ4v) is 2.27. The summed E-state index contributed by atoms with van der Waals surface area (Å²) in [6.07, 6.45) is 0.983. The normalized spacial score (nSPS) is 17.4. The highest BCUT2D eigenvalue weighted by Crippen LogP contribution is 2.28. The van der Waals surface area contributed by atoms with Crippen molar-refractivity contribution in [2.75, 3.05) is 13.1 Å². The van der Waals surface area contributed by atoms with Gasteiger partial charge in [0.25, 0.3) is 0 Å². The largest absolute Gasteiger partial charge is 0.465 e. The van der Waals surface area contributed by atoms with E-state index in [2.05, 4.69) is 0 Å². The molecule has 0 spiro atoms. The van der Waals surface area contributed by atoms with Crippen molar-refractivity contribution in [2.45, 2.75) is 18.8 Å². The highest BCUT2D eigenvalue weighted by Gasteiger charge is 2.22. The number of likely N-dealkylation sites (tertiary alicyclic amines) is 1. The Morgan fingerprint density at radius 3 is 2.31 bits per heavy atom. The van der Waals surface area contributed by atoms with Crippen molar-refractivity contribution in [3.05, 3.63) is 34.9 Å². The molecular formula is C12H14ClNO2. The van der Waals surface area contributed by atoms with E-state index in [1.54, 1.807) is 0 Å². The molecule has 1 aromatic rings. The second kappa shape index (κ2) is 4.74. The monoisotopic (exact) mass is 239 g/mol. The third-order valence-electron chi connectivity index (χ3n) is 3.11. The van der Waals surface area contributed by atoms with Crippen LogP contribution < -0.4 is 0 Å². The summed E-state index contributed by atoms with van der Waals surface area (Å²) >= 11 is 5.83. The Kier molecular flexibility index (Phi) is 3.34. The van der Waals surface area contributed by atoms with Gasteiger partial charge in [0.2, 0.25) is 0 Å². The van der Waals surface area contributed by atoms with Gasteiger partial charge in [-0.05, 0) is 36.5 Å². The maximum absolute atomic E-state index is 10.8. The summed E-state index contributed by atoms with van der Waals surface area (Å²) in [5, 5.41) is 9.58. The smallest absolute Gasteiger partial charge is 0.407 e. The zero-order valence-corrected chi connectivity index (χ0v) is 9.65. The molecule has 0 bridgehead atoms. The average Bonchev–Trinajstić information content (AvgIpc) is 2.30. The number of hydrogen-bond donors (Lipinski definition) is 1. The molecule has 1 N–H and O–H groups in total. The van der Waals surface area contributed by atoms with Crippen LogP contribution in [0.25, 0.3) is 0 Å². The lowest BCUT2D eigenvalue weighted by Gasteiger charge is -2.30. The Bertz CT molecular complexity index is 369. The first-order valence-corrected chi connectivity index (χ1v) is 5.78. The molecule has 0 unspecified atom stereocenters. The van der Waals surface area contributed by atoms with Gasteiger partial charge >= 0.3 is 6.09 Å². The average molecular weight is 240 g/mol. The van der Waals surface area contributed by atoms with Gasteiger partial charge in [0.05, 0.1) is 0 Å². The van der Waals surface area contributed by atoms with Crippen molar-refractivity contribution in [2.24, 2.45) is 0 Å². The fourth-order valence-electron chi connectivity index (χ4n) is 2.14. The summed E-state index contributed by atoms with van der Waals surface area (Å²) in [7, 11) is 0. The van der Waals surface area contributed by atoms with Gasteiger partial charge in [-0.15, -0.1) is 0 Å². The fraction of sp³-hybridized carbons (Fsp3) is 0.417. The first-order chi connectivity index (χ1) is 7.66. The molecule has 1 fully saturated rings. The van der Waals surface area contributed by atoms with Gasteiger partial charge in [-0.2, -0.15) is 0 Å². The van der Waals surface area contributed by atoms with E-state index in [1.165, 1.54) is 10.5 Å². The maximum Gasteiger partial charge on any atom is 0.407 e. The van der Waals surface area contributed by atoms with Crippen LogP contribution in [0.15, 0.2) is 24.3 Å². The molecule has 0 aliphatic carbocycles. The molecule has 1 heterocycles. The second-order valence-corrected chi connectivity index (χ2v) is 4.53. The molecule has 1 aliphatic heterocycles. The van der Waals surface area contributed by atoms with Gasteiger partial charge in [-0.3, -0.25) is 0 Å². The van der Waals surface area contributed by atoms with Crippen molar-refractivity contribution in [3.63, 3.8) is 0 Å². The van der Waals surface area contributed by atoms with Gasteiger partial charge in [0.15, 0.2) is 0 Å². The lowest BCUT2D eigenvalue weighted by molar-refractivity contribution is 0.132. The Morgan fingerprint density at radius 2 is 1.81 bits per heavy atom. The van der Waals surface area contributed by atoms with Gasteiger partial charge in [-0.25, -0.2) is 4.79 Å². The number of rotatable bonds is 1. The predicted molar refractivity (Wildman–Crippen MR) is 63.0 cm³/mol. The summed E-state index contributed by atoms with van der Waals surface area (Å²) in [4.78, 5) is 12.2. The molecule has 1 aromatic carbocycles. The van der Waals surface area contributed by atoms with Crippen LogP contribution in [0.1, 0.15) is 24.3 Å². The van der Waals surface area contributed by atoms with Gasteiger partial charge in [-0.1, -0.05) is 23.7 Å². The van der Waals surface area contributed by atoms with E-state index >= 15 is 0 Å². The number of hydrogen-bond acceptors (Lipinski definition) is 1. The number of benzene rings is 1. The lowest BCUT2D eigenvalue weighted by Crippen LogP contribution is -2.36. The minimum Gasteiger partial charge on any atom is -0.465 e. The van der Waals surface area contributed by atoms with E-state index in [0.29, 0.717) is 19.0 Å². The SMILES string of the molecule is O=C(O)N1CCC(c2ccc(Cl)cc2)CC1. The lowest BCUT2D eigenvalue weighted by atomic mass is 9.90. The highest BCUT2D eigenvalue weighted by molar-refractivity contribution is 6.30. The van der Waals surface area contributed by atoms with Crippen LogP contribution >= 0.6 is 11.6 Å². The van der Waals surface area contributed by atoms with Crippen LogP contribution in [0, 0.1) is 0 Å². The third-order valence-corrected chi connectivity index (χ3v) is 3.36. The van der Waals surface area contributed by atoms with Crippen LogP contribution in [0.3, 0.4) is 0 Å². The molecule has 1 amide bonds. The van der Waals surface area contributed by atoms with Crippen LogP contribution in [0.2, 0.25) is 5.02 Å². The second-order valence-electron chi connectivity index (χ2n) is 4.10. The molecule has 0 saturated carbocycles. The first kappa shape index (κ1) is 11.3. The summed E-state index contributed by atoms with van der Waals surface area (Å²) < 4.78 is 0. The molecule has 16 heavy (non-hydrogen) atoms. The molecule has 1 aliphatic rings. The third kappa shape index (κ3) is 2.47. The minimum absolute atomic E-state index is 0.466. The zero-order valence-electron chi connectivity index (χ0n) is 8.90. The maximum atomic E-state index is 10.8. The molecule has 0 atom stereocenters. The molecule has 86 valence electrons. The van der Waals surface area contributed by atoms with Crippen LogP contribution in [-0.2, 0) is 0 Å². The number of halogens is 1. The summed E-state index contributed by atoms with van der Waals surface area (Å²) in [6, 6.07) is 7.84. The van der Waals surface area contributed by atoms with Crippen molar-refractivity contribution >= 4 is 17.7 Å². The predicted octanol–water partition coefficient (Wildman–Crippen LogP) is 3.20. The number of piperidine rings is 1. The Hall–Kier alpha value is -1.22. The number of carboxylic acid groups (broad SMARTS) is 1. The molecular weight excluding hydrogens is 226 g/mol. The van der Waals surface area contributed by atoms with Gasteiger partial charge < -0.3 is 10.0 Å². The van der Waals surface area contributed by atoms with Crippen LogP contribution in [0.4, 0.5) is 4.79 Å². The van der Waals surface area contributed by atoms with Crippen LogP contribution in [-0.4, -0.2) is 29.2 Å². The Balaban J connectivity index is 1.99. The molecule has 4 heteroatoms. The van der Waals surface area contributed by atoms with Gasteiger partial charge in [0, 0.05) is 18.1 Å². The number of carbonyl (C=O) groups is 1. The van der Waals surface area contributed by atoms with E-state index < -0.39 is 6.09 Å². The van der Waals surface area contributed by atoms with Gasteiger partial charge in [0.1, 0.15) is 0 Å². The van der Waals surface area contributed by atoms with Crippen molar-refractivity contribution in [1.82, 2.24) is 4.90 Å². The van der Waals surface area contributed by atoms with E-state index in [1.807, 2.05) is 24.3 Å². The number of nitrogens with zero attached hydrogens (tertiary/aromatic N) is 1. The Labute approximate surface area is 99.6 Å². The zero-order chi connectivity index (χ0) is 11.5. The summed E-state index contributed by atoms with van der Waals surface area (Å²) in [6.45, 7) is 1.26.